The summed E-state index contributed by atoms with van der Waals surface area (Å²) in [6, 6.07) is 6.59. The summed E-state index contributed by atoms with van der Waals surface area (Å²) in [5.41, 5.74) is 0.0267. The monoisotopic (exact) mass is 294 g/mol. The van der Waals surface area contributed by atoms with Crippen molar-refractivity contribution >= 4 is 17.7 Å². The number of methoxy groups -OCH3 is 1. The molecule has 1 aliphatic rings. The minimum absolute atomic E-state index is 0.0323. The lowest BCUT2D eigenvalue weighted by atomic mass is 9.99. The predicted octanol–water partition coefficient (Wildman–Crippen LogP) is 1.20. The molecule has 1 aliphatic heterocycles. The number of hydrogen-bond acceptors (Lipinski definition) is 4. The molecule has 7 heteroatoms. The first kappa shape index (κ1) is 15.3. The maximum absolute atomic E-state index is 12.1. The van der Waals surface area contributed by atoms with Crippen molar-refractivity contribution in [2.45, 2.75) is 18.6 Å². The molecule has 21 heavy (non-hydrogen) atoms. The van der Waals surface area contributed by atoms with E-state index in [-0.39, 0.29) is 13.0 Å². The fraction of sp³-hybridized carbons (Fsp3) is 0.429. The zero-order valence-electron chi connectivity index (χ0n) is 11.7. The number of hydrogen-bond donors (Lipinski definition) is 3. The molecular weight excluding hydrogens is 276 g/mol. The second-order valence-electron chi connectivity index (χ2n) is 4.86. The summed E-state index contributed by atoms with van der Waals surface area (Å²) in [6.07, 6.45) is 0.246. The van der Waals surface area contributed by atoms with Gasteiger partial charge in [-0.15, -0.1) is 0 Å². The van der Waals surface area contributed by atoms with Crippen LogP contribution in [0.5, 0.6) is 0 Å². The summed E-state index contributed by atoms with van der Waals surface area (Å²) in [5, 5.41) is 14.4. The summed E-state index contributed by atoms with van der Waals surface area (Å²) in [5.74, 6) is -1.10. The van der Waals surface area contributed by atoms with E-state index in [1.807, 2.05) is 12.1 Å². The number of urea groups is 1. The lowest BCUT2D eigenvalue weighted by Crippen LogP contribution is -2.56. The van der Waals surface area contributed by atoms with Crippen molar-refractivity contribution in [2.24, 2.45) is 0 Å². The van der Waals surface area contributed by atoms with Crippen LogP contribution in [0.3, 0.4) is 0 Å². The second kappa shape index (κ2) is 6.55. The summed E-state index contributed by atoms with van der Waals surface area (Å²) in [7, 11) is 1.56. The van der Waals surface area contributed by atoms with Crippen LogP contribution in [-0.4, -0.2) is 43.0 Å². The molecule has 1 aromatic carbocycles. The Morgan fingerprint density at radius 1 is 1.43 bits per heavy atom. The quantitative estimate of drug-likeness (QED) is 0.758. The van der Waals surface area contributed by atoms with Gasteiger partial charge < -0.3 is 25.2 Å². The van der Waals surface area contributed by atoms with E-state index in [0.29, 0.717) is 18.9 Å². The highest BCUT2D eigenvalue weighted by atomic mass is 16.5. The van der Waals surface area contributed by atoms with Crippen LogP contribution >= 0.6 is 0 Å². The van der Waals surface area contributed by atoms with Gasteiger partial charge in [-0.05, 0) is 6.07 Å². The summed E-state index contributed by atoms with van der Waals surface area (Å²) >= 11 is 0. The van der Waals surface area contributed by atoms with E-state index < -0.39 is 17.5 Å². The van der Waals surface area contributed by atoms with Gasteiger partial charge >= 0.3 is 12.0 Å². The molecule has 0 bridgehead atoms. The van der Waals surface area contributed by atoms with Crippen LogP contribution in [0.2, 0.25) is 0 Å². The zero-order chi connectivity index (χ0) is 15.3. The minimum atomic E-state index is -1.36. The van der Waals surface area contributed by atoms with Gasteiger partial charge in [0.25, 0.3) is 0 Å². The van der Waals surface area contributed by atoms with Crippen LogP contribution in [0.1, 0.15) is 12.0 Å². The van der Waals surface area contributed by atoms with Crippen molar-refractivity contribution in [3.8, 4) is 0 Å². The average Bonchev–Trinajstić information content (AvgIpc) is 2.91. The molecule has 0 radical (unpaired) electrons. The van der Waals surface area contributed by atoms with Gasteiger partial charge in [0.1, 0.15) is 0 Å². The van der Waals surface area contributed by atoms with Crippen LogP contribution in [0.15, 0.2) is 24.3 Å². The number of anilines is 1. The Morgan fingerprint density at radius 3 is 2.81 bits per heavy atom. The van der Waals surface area contributed by atoms with Gasteiger partial charge in [-0.2, -0.15) is 0 Å². The maximum Gasteiger partial charge on any atom is 0.332 e. The Bertz CT molecular complexity index is 526. The zero-order valence-corrected chi connectivity index (χ0v) is 11.7. The van der Waals surface area contributed by atoms with Gasteiger partial charge in [0.2, 0.25) is 0 Å². The van der Waals surface area contributed by atoms with Gasteiger partial charge in [-0.3, -0.25) is 0 Å². The Balaban J connectivity index is 2.06. The molecule has 0 aromatic heterocycles. The molecule has 1 saturated heterocycles. The third-order valence-electron chi connectivity index (χ3n) is 3.35. The van der Waals surface area contributed by atoms with E-state index in [1.54, 1.807) is 19.2 Å². The van der Waals surface area contributed by atoms with Crippen molar-refractivity contribution in [2.75, 3.05) is 25.6 Å². The molecule has 1 fully saturated rings. The topological polar surface area (TPSA) is 96.9 Å². The molecule has 7 nitrogen and oxygen atoms in total. The van der Waals surface area contributed by atoms with E-state index in [4.69, 9.17) is 9.47 Å². The predicted molar refractivity (Wildman–Crippen MR) is 75.1 cm³/mol. The van der Waals surface area contributed by atoms with E-state index in [9.17, 15) is 14.7 Å². The van der Waals surface area contributed by atoms with Crippen molar-refractivity contribution in [3.63, 3.8) is 0 Å². The number of ether oxygens (including phenoxy) is 2. The number of aliphatic carboxylic acids is 1. The minimum Gasteiger partial charge on any atom is -0.479 e. The SMILES string of the molecule is COCc1ccccc1NC(=O)NC1(C(=O)O)CCOC1. The van der Waals surface area contributed by atoms with Crippen LogP contribution in [-0.2, 0) is 20.9 Å². The summed E-state index contributed by atoms with van der Waals surface area (Å²) in [6.45, 7) is 0.631. The standard InChI is InChI=1S/C14H18N2O5/c1-20-8-10-4-2-3-5-11(10)15-13(19)16-14(12(17)18)6-7-21-9-14/h2-5H,6-9H2,1H3,(H,17,18)(H2,15,16,19). The van der Waals surface area contributed by atoms with Gasteiger partial charge in [-0.1, -0.05) is 18.2 Å². The van der Waals surface area contributed by atoms with Crippen LogP contribution < -0.4 is 10.6 Å². The molecule has 1 atom stereocenters. The molecule has 3 N–H and O–H groups in total. The Labute approximate surface area is 122 Å². The van der Waals surface area contributed by atoms with E-state index in [0.717, 1.165) is 5.56 Å². The first-order valence-corrected chi connectivity index (χ1v) is 6.54. The highest BCUT2D eigenvalue weighted by Crippen LogP contribution is 2.20. The lowest BCUT2D eigenvalue weighted by Gasteiger charge is -2.24. The third kappa shape index (κ3) is 3.50. The normalized spacial score (nSPS) is 21.0. The molecule has 0 aliphatic carbocycles. The third-order valence-corrected chi connectivity index (χ3v) is 3.35. The molecule has 114 valence electrons. The molecule has 1 unspecified atom stereocenters. The molecule has 2 amide bonds. The number of para-hydroxylation sites is 1. The van der Waals surface area contributed by atoms with E-state index in [2.05, 4.69) is 10.6 Å². The second-order valence-corrected chi connectivity index (χ2v) is 4.86. The maximum atomic E-state index is 12.1. The van der Waals surface area contributed by atoms with Gasteiger partial charge in [0.15, 0.2) is 5.54 Å². The molecule has 0 saturated carbocycles. The van der Waals surface area contributed by atoms with E-state index in [1.165, 1.54) is 0 Å². The Hall–Kier alpha value is -2.12. The number of amides is 2. The largest absolute Gasteiger partial charge is 0.479 e. The van der Waals surface area contributed by atoms with Gasteiger partial charge in [-0.25, -0.2) is 9.59 Å². The van der Waals surface area contributed by atoms with Gasteiger partial charge in [0, 0.05) is 31.4 Å². The van der Waals surface area contributed by atoms with Crippen LogP contribution in [0.4, 0.5) is 10.5 Å². The van der Waals surface area contributed by atoms with Crippen molar-refractivity contribution in [1.82, 2.24) is 5.32 Å². The summed E-state index contributed by atoms with van der Waals surface area (Å²) < 4.78 is 10.1. The number of carbonyl (C=O) groups is 2. The van der Waals surface area contributed by atoms with Crippen molar-refractivity contribution in [1.29, 1.82) is 0 Å². The molecule has 1 aromatic rings. The average molecular weight is 294 g/mol. The fourth-order valence-corrected chi connectivity index (χ4v) is 2.18. The number of benzene rings is 1. The number of nitrogens with one attached hydrogen (secondary N) is 2. The van der Waals surface area contributed by atoms with Gasteiger partial charge in [0.05, 0.1) is 13.2 Å². The first-order valence-electron chi connectivity index (χ1n) is 6.54. The fourth-order valence-electron chi connectivity index (χ4n) is 2.18. The Kier molecular flexibility index (Phi) is 4.77. The van der Waals surface area contributed by atoms with Crippen molar-refractivity contribution < 1.29 is 24.2 Å². The number of carboxylic acids is 1. The lowest BCUT2D eigenvalue weighted by molar-refractivity contribution is -0.144. The highest BCUT2D eigenvalue weighted by molar-refractivity contribution is 5.94. The molecule has 2 rings (SSSR count). The number of carbonyl (C=O) groups excluding carboxylic acids is 1. The number of carboxylic acid groups (broad SMARTS) is 1. The number of rotatable bonds is 5. The highest BCUT2D eigenvalue weighted by Gasteiger charge is 2.44. The van der Waals surface area contributed by atoms with Crippen LogP contribution in [0.25, 0.3) is 0 Å². The Morgan fingerprint density at radius 2 is 2.19 bits per heavy atom. The van der Waals surface area contributed by atoms with Crippen LogP contribution in [0, 0.1) is 0 Å². The molecular formula is C14H18N2O5. The van der Waals surface area contributed by atoms with E-state index >= 15 is 0 Å². The summed E-state index contributed by atoms with van der Waals surface area (Å²) in [4.78, 5) is 23.4. The molecule has 1 heterocycles. The first-order chi connectivity index (χ1) is 10.1. The van der Waals surface area contributed by atoms with Crippen molar-refractivity contribution in [3.05, 3.63) is 29.8 Å². The molecule has 0 spiro atoms. The smallest absolute Gasteiger partial charge is 0.332 e.